The number of nitrogens with zero attached hydrogens (tertiary/aromatic N) is 1. The minimum absolute atomic E-state index is 0.0197. The number of methoxy groups -OCH3 is 1. The van der Waals surface area contributed by atoms with Gasteiger partial charge in [-0.2, -0.15) is 0 Å². The molecule has 0 N–H and O–H groups in total. The average Bonchev–Trinajstić information content (AvgIpc) is 2.67. The van der Waals surface area contributed by atoms with Crippen molar-refractivity contribution in [3.8, 4) is 5.75 Å². The number of amides is 1. The lowest BCUT2D eigenvalue weighted by Crippen LogP contribution is -2.33. The Morgan fingerprint density at radius 2 is 2.22 bits per heavy atom. The van der Waals surface area contributed by atoms with Gasteiger partial charge in [-0.3, -0.25) is 4.79 Å². The van der Waals surface area contributed by atoms with Gasteiger partial charge < -0.3 is 14.4 Å². The quantitative estimate of drug-likeness (QED) is 0.841. The molecule has 18 heavy (non-hydrogen) atoms. The van der Waals surface area contributed by atoms with Gasteiger partial charge in [0.1, 0.15) is 5.75 Å². The van der Waals surface area contributed by atoms with E-state index in [4.69, 9.17) is 9.47 Å². The molecule has 0 unspecified atom stereocenters. The van der Waals surface area contributed by atoms with E-state index in [1.165, 1.54) is 0 Å². The molecule has 1 fully saturated rings. The van der Waals surface area contributed by atoms with Crippen LogP contribution in [-0.2, 0) is 4.74 Å². The van der Waals surface area contributed by atoms with Crippen molar-refractivity contribution in [2.75, 3.05) is 33.4 Å². The van der Waals surface area contributed by atoms with Crippen LogP contribution in [0, 0.1) is 0 Å². The normalized spacial score (nSPS) is 16.2. The average molecular weight is 314 g/mol. The number of benzene rings is 1. The maximum Gasteiger partial charge on any atom is 0.255 e. The van der Waals surface area contributed by atoms with Gasteiger partial charge in [-0.05, 0) is 40.5 Å². The summed E-state index contributed by atoms with van der Waals surface area (Å²) in [5.41, 5.74) is 0.635. The summed E-state index contributed by atoms with van der Waals surface area (Å²) in [6.07, 6.45) is 0.882. The highest BCUT2D eigenvalue weighted by atomic mass is 79.9. The van der Waals surface area contributed by atoms with E-state index in [-0.39, 0.29) is 5.91 Å². The number of hydrogen-bond donors (Lipinski definition) is 0. The van der Waals surface area contributed by atoms with Gasteiger partial charge in [0.2, 0.25) is 0 Å². The van der Waals surface area contributed by atoms with Gasteiger partial charge in [0.15, 0.2) is 0 Å². The molecule has 1 aliphatic heterocycles. The van der Waals surface area contributed by atoms with Gasteiger partial charge in [-0.1, -0.05) is 0 Å². The van der Waals surface area contributed by atoms with Crippen molar-refractivity contribution in [3.63, 3.8) is 0 Å². The minimum atomic E-state index is 0.0197. The van der Waals surface area contributed by atoms with Gasteiger partial charge >= 0.3 is 0 Å². The third-order valence-electron chi connectivity index (χ3n) is 2.91. The van der Waals surface area contributed by atoms with Crippen molar-refractivity contribution >= 4 is 21.8 Å². The van der Waals surface area contributed by atoms with E-state index in [0.29, 0.717) is 24.5 Å². The van der Waals surface area contributed by atoms with Crippen LogP contribution < -0.4 is 4.74 Å². The lowest BCUT2D eigenvalue weighted by molar-refractivity contribution is 0.0740. The van der Waals surface area contributed by atoms with Crippen molar-refractivity contribution < 1.29 is 14.3 Å². The largest absolute Gasteiger partial charge is 0.497 e. The van der Waals surface area contributed by atoms with E-state index in [0.717, 1.165) is 24.0 Å². The summed E-state index contributed by atoms with van der Waals surface area (Å²) in [6.45, 7) is 2.71. The molecule has 0 atom stereocenters. The van der Waals surface area contributed by atoms with Gasteiger partial charge in [0.25, 0.3) is 5.91 Å². The molecule has 1 amide bonds. The van der Waals surface area contributed by atoms with E-state index in [1.54, 1.807) is 13.2 Å². The molecule has 5 heteroatoms. The summed E-state index contributed by atoms with van der Waals surface area (Å²) in [7, 11) is 1.59. The van der Waals surface area contributed by atoms with Crippen LogP contribution in [0.25, 0.3) is 0 Å². The first kappa shape index (κ1) is 13.4. The smallest absolute Gasteiger partial charge is 0.255 e. The molecule has 1 aromatic carbocycles. The Morgan fingerprint density at radius 3 is 3.00 bits per heavy atom. The number of carbonyl (C=O) groups excluding carboxylic acids is 1. The Balaban J connectivity index is 2.21. The molecule has 0 radical (unpaired) electrons. The van der Waals surface area contributed by atoms with Crippen molar-refractivity contribution in [2.24, 2.45) is 0 Å². The molecule has 4 nitrogen and oxygen atoms in total. The highest BCUT2D eigenvalue weighted by Crippen LogP contribution is 2.24. The predicted molar refractivity (Wildman–Crippen MR) is 72.0 cm³/mol. The molecular weight excluding hydrogens is 298 g/mol. The zero-order valence-corrected chi connectivity index (χ0v) is 11.9. The second kappa shape index (κ2) is 6.20. The van der Waals surface area contributed by atoms with Gasteiger partial charge in [0.05, 0.1) is 19.3 Å². The molecule has 98 valence electrons. The fraction of sp³-hybridized carbons (Fsp3) is 0.462. The predicted octanol–water partition coefficient (Wildman–Crippen LogP) is 2.32. The molecule has 1 aromatic rings. The minimum Gasteiger partial charge on any atom is -0.497 e. The number of carbonyl (C=O) groups is 1. The molecule has 0 bridgehead atoms. The third kappa shape index (κ3) is 3.03. The molecule has 0 saturated carbocycles. The van der Waals surface area contributed by atoms with Crippen molar-refractivity contribution in [1.29, 1.82) is 0 Å². The molecule has 1 saturated heterocycles. The summed E-state index contributed by atoms with van der Waals surface area (Å²) in [4.78, 5) is 14.3. The van der Waals surface area contributed by atoms with Crippen molar-refractivity contribution in [2.45, 2.75) is 6.42 Å². The second-order valence-corrected chi connectivity index (χ2v) is 4.96. The number of rotatable bonds is 2. The molecule has 2 rings (SSSR count). The third-order valence-corrected chi connectivity index (χ3v) is 3.60. The lowest BCUT2D eigenvalue weighted by atomic mass is 10.2. The molecule has 1 aliphatic rings. The SMILES string of the molecule is COc1ccc(Br)c(C(=O)N2CCCOCC2)c1. The Bertz CT molecular complexity index is 428. The maximum absolute atomic E-state index is 12.4. The van der Waals surface area contributed by atoms with Crippen LogP contribution in [0.3, 0.4) is 0 Å². The van der Waals surface area contributed by atoms with Crippen LogP contribution in [0.15, 0.2) is 22.7 Å². The zero-order valence-electron chi connectivity index (χ0n) is 10.3. The fourth-order valence-electron chi connectivity index (χ4n) is 1.91. The first-order valence-electron chi connectivity index (χ1n) is 5.93. The Labute approximate surface area is 115 Å². The molecule has 0 aromatic heterocycles. The van der Waals surface area contributed by atoms with Crippen LogP contribution in [0.4, 0.5) is 0 Å². The summed E-state index contributed by atoms with van der Waals surface area (Å²) in [5.74, 6) is 0.707. The molecule has 1 heterocycles. The highest BCUT2D eigenvalue weighted by Gasteiger charge is 2.20. The van der Waals surface area contributed by atoms with Gasteiger partial charge in [-0.15, -0.1) is 0 Å². The number of ether oxygens (including phenoxy) is 2. The van der Waals surface area contributed by atoms with E-state index in [9.17, 15) is 4.79 Å². The molecule has 0 aliphatic carbocycles. The van der Waals surface area contributed by atoms with Crippen LogP contribution in [0.5, 0.6) is 5.75 Å². The Hall–Kier alpha value is -1.07. The topological polar surface area (TPSA) is 38.8 Å². The molecular formula is C13H16BrNO3. The number of hydrogen-bond acceptors (Lipinski definition) is 3. The second-order valence-electron chi connectivity index (χ2n) is 4.10. The lowest BCUT2D eigenvalue weighted by Gasteiger charge is -2.20. The first-order chi connectivity index (χ1) is 8.72. The van der Waals surface area contributed by atoms with Crippen LogP contribution in [0.2, 0.25) is 0 Å². The Kier molecular flexibility index (Phi) is 4.60. The van der Waals surface area contributed by atoms with Crippen LogP contribution in [-0.4, -0.2) is 44.2 Å². The van der Waals surface area contributed by atoms with E-state index >= 15 is 0 Å². The first-order valence-corrected chi connectivity index (χ1v) is 6.72. The van der Waals surface area contributed by atoms with Gasteiger partial charge in [0, 0.05) is 24.2 Å². The highest BCUT2D eigenvalue weighted by molar-refractivity contribution is 9.10. The standard InChI is InChI=1S/C13H16BrNO3/c1-17-10-3-4-12(14)11(9-10)13(16)15-5-2-7-18-8-6-15/h3-4,9H,2,5-8H2,1H3. The molecule has 0 spiro atoms. The van der Waals surface area contributed by atoms with Crippen molar-refractivity contribution in [1.82, 2.24) is 4.90 Å². The summed E-state index contributed by atoms with van der Waals surface area (Å²) in [5, 5.41) is 0. The van der Waals surface area contributed by atoms with Crippen molar-refractivity contribution in [3.05, 3.63) is 28.2 Å². The summed E-state index contributed by atoms with van der Waals surface area (Å²) >= 11 is 3.41. The van der Waals surface area contributed by atoms with E-state index in [1.807, 2.05) is 17.0 Å². The zero-order chi connectivity index (χ0) is 13.0. The van der Waals surface area contributed by atoms with Crippen LogP contribution >= 0.6 is 15.9 Å². The summed E-state index contributed by atoms with van der Waals surface area (Å²) < 4.78 is 11.3. The van der Waals surface area contributed by atoms with Crippen LogP contribution in [0.1, 0.15) is 16.8 Å². The Morgan fingerprint density at radius 1 is 1.39 bits per heavy atom. The monoisotopic (exact) mass is 313 g/mol. The summed E-state index contributed by atoms with van der Waals surface area (Å²) in [6, 6.07) is 5.42. The van der Waals surface area contributed by atoms with Gasteiger partial charge in [-0.25, -0.2) is 0 Å². The fourth-order valence-corrected chi connectivity index (χ4v) is 2.33. The van der Waals surface area contributed by atoms with E-state index < -0.39 is 0 Å². The van der Waals surface area contributed by atoms with E-state index in [2.05, 4.69) is 15.9 Å². The number of halogens is 1. The maximum atomic E-state index is 12.4.